The Balaban J connectivity index is 1.61. The van der Waals surface area contributed by atoms with Crippen molar-refractivity contribution in [2.45, 2.75) is 62.8 Å². The molecule has 0 aromatic heterocycles. The standard InChI is InChI=1S/C15H27N3O2S/c1-3-4-9-16-13(19)8-6-5-7-12-14-11(10-21-12)17-15(20)18(14)2/h11-12,14H,3-10H2,1-2H3,(H,16,19)(H,17,20)/t11-,12-,14-/m0/s1. The second kappa shape index (κ2) is 7.92. The molecular weight excluding hydrogens is 286 g/mol. The molecule has 0 bridgehead atoms. The van der Waals surface area contributed by atoms with Crippen molar-refractivity contribution in [2.24, 2.45) is 0 Å². The van der Waals surface area contributed by atoms with Crippen LogP contribution in [0.1, 0.15) is 45.4 Å². The van der Waals surface area contributed by atoms with Gasteiger partial charge in [-0.15, -0.1) is 0 Å². The topological polar surface area (TPSA) is 61.4 Å². The minimum absolute atomic E-state index is 0.0607. The van der Waals surface area contributed by atoms with E-state index >= 15 is 0 Å². The zero-order valence-electron chi connectivity index (χ0n) is 13.1. The van der Waals surface area contributed by atoms with Crippen LogP contribution in [0.5, 0.6) is 0 Å². The summed E-state index contributed by atoms with van der Waals surface area (Å²) in [5.74, 6) is 1.19. The first kappa shape index (κ1) is 16.5. The molecule has 0 aromatic rings. The van der Waals surface area contributed by atoms with Gasteiger partial charge in [0, 0.05) is 31.0 Å². The van der Waals surface area contributed by atoms with Gasteiger partial charge in [-0.3, -0.25) is 4.79 Å². The Morgan fingerprint density at radius 3 is 3.00 bits per heavy atom. The van der Waals surface area contributed by atoms with Crippen LogP contribution in [0.2, 0.25) is 0 Å². The Bertz CT molecular complexity index is 378. The maximum absolute atomic E-state index is 11.6. The van der Waals surface area contributed by atoms with E-state index in [1.54, 1.807) is 0 Å². The number of likely N-dealkylation sites (N-methyl/N-ethyl adjacent to an activating group) is 1. The third kappa shape index (κ3) is 4.28. The van der Waals surface area contributed by atoms with Crippen LogP contribution in [0.4, 0.5) is 4.79 Å². The number of thioether (sulfide) groups is 1. The number of hydrogen-bond donors (Lipinski definition) is 2. The van der Waals surface area contributed by atoms with Gasteiger partial charge >= 0.3 is 6.03 Å². The minimum atomic E-state index is 0.0607. The first-order valence-electron chi connectivity index (χ1n) is 8.05. The van der Waals surface area contributed by atoms with Gasteiger partial charge in [0.15, 0.2) is 0 Å². The molecule has 120 valence electrons. The summed E-state index contributed by atoms with van der Waals surface area (Å²) >= 11 is 1.96. The van der Waals surface area contributed by atoms with Crippen LogP contribution in [-0.4, -0.2) is 53.5 Å². The van der Waals surface area contributed by atoms with Crippen molar-refractivity contribution in [3.8, 4) is 0 Å². The summed E-state index contributed by atoms with van der Waals surface area (Å²) < 4.78 is 0. The third-order valence-corrected chi connectivity index (χ3v) is 5.85. The number of rotatable bonds is 8. The fraction of sp³-hybridized carbons (Fsp3) is 0.867. The maximum atomic E-state index is 11.6. The Morgan fingerprint density at radius 2 is 2.24 bits per heavy atom. The number of nitrogens with zero attached hydrogens (tertiary/aromatic N) is 1. The molecule has 0 unspecified atom stereocenters. The first-order chi connectivity index (χ1) is 10.1. The zero-order valence-corrected chi connectivity index (χ0v) is 13.9. The number of hydrogen-bond acceptors (Lipinski definition) is 3. The van der Waals surface area contributed by atoms with E-state index < -0.39 is 0 Å². The molecular formula is C15H27N3O2S. The lowest BCUT2D eigenvalue weighted by Crippen LogP contribution is -2.38. The highest BCUT2D eigenvalue weighted by atomic mass is 32.2. The Morgan fingerprint density at radius 1 is 1.43 bits per heavy atom. The lowest BCUT2D eigenvalue weighted by atomic mass is 10.0. The van der Waals surface area contributed by atoms with Gasteiger partial charge in [0.05, 0.1) is 12.1 Å². The van der Waals surface area contributed by atoms with E-state index in [9.17, 15) is 9.59 Å². The molecule has 0 saturated carbocycles. The predicted octanol–water partition coefficient (Wildman–Crippen LogP) is 1.97. The molecule has 0 aromatic carbocycles. The van der Waals surface area contributed by atoms with Crippen LogP contribution in [0.3, 0.4) is 0 Å². The molecule has 2 heterocycles. The van der Waals surface area contributed by atoms with Crippen molar-refractivity contribution in [1.82, 2.24) is 15.5 Å². The summed E-state index contributed by atoms with van der Waals surface area (Å²) in [7, 11) is 1.89. The number of carbonyl (C=O) groups is 2. The molecule has 3 amide bonds. The number of carbonyl (C=O) groups excluding carboxylic acids is 2. The summed E-state index contributed by atoms with van der Waals surface area (Å²) in [6.07, 6.45) is 5.89. The number of urea groups is 1. The van der Waals surface area contributed by atoms with E-state index in [1.807, 2.05) is 23.7 Å². The van der Waals surface area contributed by atoms with Gasteiger partial charge in [-0.25, -0.2) is 4.79 Å². The molecule has 6 heteroatoms. The molecule has 0 spiro atoms. The van der Waals surface area contributed by atoms with E-state index in [2.05, 4.69) is 17.6 Å². The fourth-order valence-corrected chi connectivity index (χ4v) is 4.74. The largest absolute Gasteiger partial charge is 0.356 e. The molecule has 2 aliphatic rings. The zero-order chi connectivity index (χ0) is 15.2. The highest BCUT2D eigenvalue weighted by Crippen LogP contribution is 2.36. The summed E-state index contributed by atoms with van der Waals surface area (Å²) in [5.41, 5.74) is 0. The number of amides is 3. The van der Waals surface area contributed by atoms with Crippen molar-refractivity contribution in [1.29, 1.82) is 0 Å². The van der Waals surface area contributed by atoms with E-state index in [0.29, 0.717) is 23.8 Å². The van der Waals surface area contributed by atoms with Crippen LogP contribution in [0, 0.1) is 0 Å². The van der Waals surface area contributed by atoms with Crippen molar-refractivity contribution in [2.75, 3.05) is 19.3 Å². The molecule has 2 aliphatic heterocycles. The average molecular weight is 313 g/mol. The van der Waals surface area contributed by atoms with Crippen LogP contribution in [0.25, 0.3) is 0 Å². The molecule has 2 fully saturated rings. The summed E-state index contributed by atoms with van der Waals surface area (Å²) in [6, 6.07) is 0.710. The quantitative estimate of drug-likeness (QED) is 0.532. The lowest BCUT2D eigenvalue weighted by Gasteiger charge is -2.23. The Labute approximate surface area is 131 Å². The molecule has 5 nitrogen and oxygen atoms in total. The summed E-state index contributed by atoms with van der Waals surface area (Å²) in [6.45, 7) is 2.93. The minimum Gasteiger partial charge on any atom is -0.356 e. The summed E-state index contributed by atoms with van der Waals surface area (Å²) in [5, 5.41) is 6.51. The van der Waals surface area contributed by atoms with E-state index in [0.717, 1.165) is 44.4 Å². The molecule has 2 rings (SSSR count). The van der Waals surface area contributed by atoms with Crippen molar-refractivity contribution in [3.63, 3.8) is 0 Å². The van der Waals surface area contributed by atoms with Crippen LogP contribution >= 0.6 is 11.8 Å². The average Bonchev–Trinajstić information content (AvgIpc) is 2.97. The number of nitrogens with one attached hydrogen (secondary N) is 2. The van der Waals surface area contributed by atoms with Crippen molar-refractivity contribution < 1.29 is 9.59 Å². The predicted molar refractivity (Wildman–Crippen MR) is 86.5 cm³/mol. The van der Waals surface area contributed by atoms with Crippen LogP contribution in [0.15, 0.2) is 0 Å². The molecule has 2 N–H and O–H groups in total. The van der Waals surface area contributed by atoms with E-state index in [4.69, 9.17) is 0 Å². The lowest BCUT2D eigenvalue weighted by molar-refractivity contribution is -0.121. The summed E-state index contributed by atoms with van der Waals surface area (Å²) in [4.78, 5) is 25.1. The first-order valence-corrected chi connectivity index (χ1v) is 9.10. The normalized spacial score (nSPS) is 27.6. The molecule has 2 saturated heterocycles. The van der Waals surface area contributed by atoms with Gasteiger partial charge in [0.25, 0.3) is 0 Å². The highest BCUT2D eigenvalue weighted by molar-refractivity contribution is 8.00. The smallest absolute Gasteiger partial charge is 0.317 e. The SMILES string of the molecule is CCCCNC(=O)CCCC[C@@H]1SC[C@@H]2NC(=O)N(C)[C@@H]21. The van der Waals surface area contributed by atoms with Crippen molar-refractivity contribution in [3.05, 3.63) is 0 Å². The Kier molecular flexibility index (Phi) is 6.21. The number of unbranched alkanes of at least 4 members (excludes halogenated alkanes) is 2. The monoisotopic (exact) mass is 313 g/mol. The second-order valence-electron chi connectivity index (χ2n) is 5.98. The highest BCUT2D eigenvalue weighted by Gasteiger charge is 2.46. The molecule has 3 atom stereocenters. The van der Waals surface area contributed by atoms with Gasteiger partial charge in [-0.2, -0.15) is 11.8 Å². The van der Waals surface area contributed by atoms with Gasteiger partial charge in [0.1, 0.15) is 0 Å². The third-order valence-electron chi connectivity index (χ3n) is 4.35. The van der Waals surface area contributed by atoms with Gasteiger partial charge in [-0.05, 0) is 19.3 Å². The fourth-order valence-electron chi connectivity index (χ4n) is 3.10. The Hall–Kier alpha value is -0.910. The van der Waals surface area contributed by atoms with Crippen LogP contribution in [-0.2, 0) is 4.79 Å². The second-order valence-corrected chi connectivity index (χ2v) is 7.25. The van der Waals surface area contributed by atoms with Gasteiger partial charge in [0.2, 0.25) is 5.91 Å². The molecule has 0 radical (unpaired) electrons. The van der Waals surface area contributed by atoms with E-state index in [1.165, 1.54) is 0 Å². The van der Waals surface area contributed by atoms with E-state index in [-0.39, 0.29) is 11.9 Å². The van der Waals surface area contributed by atoms with Gasteiger partial charge in [-0.1, -0.05) is 19.8 Å². The molecule has 21 heavy (non-hydrogen) atoms. The van der Waals surface area contributed by atoms with Crippen molar-refractivity contribution >= 4 is 23.7 Å². The van der Waals surface area contributed by atoms with Crippen LogP contribution < -0.4 is 10.6 Å². The number of fused-ring (bicyclic) bond motifs is 1. The molecule has 0 aliphatic carbocycles. The van der Waals surface area contributed by atoms with Gasteiger partial charge < -0.3 is 15.5 Å². The maximum Gasteiger partial charge on any atom is 0.317 e.